The topological polar surface area (TPSA) is 48.9 Å². The van der Waals surface area contributed by atoms with E-state index in [2.05, 4.69) is 44.8 Å². The molecule has 1 fully saturated rings. The average Bonchev–Trinajstić information content (AvgIpc) is 3.08. The molecule has 1 saturated heterocycles. The smallest absolute Gasteiger partial charge is 0.128 e. The van der Waals surface area contributed by atoms with Crippen LogP contribution in [0.1, 0.15) is 12.0 Å². The zero-order valence-electron chi connectivity index (χ0n) is 12.5. The highest BCUT2D eigenvalue weighted by molar-refractivity contribution is 5.99. The molecule has 5 heteroatoms. The lowest BCUT2D eigenvalue weighted by Gasteiger charge is -2.26. The first kappa shape index (κ1) is 14.4. The molecule has 114 valence electrons. The third kappa shape index (κ3) is 4.19. The summed E-state index contributed by atoms with van der Waals surface area (Å²) in [7, 11) is 0. The maximum atomic E-state index is 5.36. The lowest BCUT2D eigenvalue weighted by atomic mass is 10.2. The van der Waals surface area contributed by atoms with Crippen molar-refractivity contribution >= 4 is 11.5 Å². The van der Waals surface area contributed by atoms with E-state index in [-0.39, 0.29) is 0 Å². The summed E-state index contributed by atoms with van der Waals surface area (Å²) < 4.78 is 5.36. The molecular formula is C16H24N4O. The second-order valence-corrected chi connectivity index (χ2v) is 5.47. The minimum absolute atomic E-state index is 0.882. The zero-order chi connectivity index (χ0) is 14.3. The number of rotatable bonds is 6. The minimum atomic E-state index is 0.882. The first-order valence-electron chi connectivity index (χ1n) is 7.84. The molecule has 0 unspecified atom stereocenters. The molecule has 0 saturated carbocycles. The molecule has 1 aromatic rings. The number of aliphatic imine (C=N–C) groups is 1. The van der Waals surface area contributed by atoms with E-state index in [1.54, 1.807) is 0 Å². The van der Waals surface area contributed by atoms with Crippen LogP contribution >= 0.6 is 0 Å². The fraction of sp³-hybridized carbons (Fsp3) is 0.562. The van der Waals surface area contributed by atoms with Crippen molar-refractivity contribution in [2.45, 2.75) is 6.42 Å². The number of hydrogen-bond acceptors (Lipinski definition) is 5. The summed E-state index contributed by atoms with van der Waals surface area (Å²) in [6.07, 6.45) is 1.16. The first-order valence-corrected chi connectivity index (χ1v) is 7.84. The highest BCUT2D eigenvalue weighted by Crippen LogP contribution is 2.11. The van der Waals surface area contributed by atoms with Gasteiger partial charge < -0.3 is 15.4 Å². The number of amidine groups is 1. The van der Waals surface area contributed by atoms with Crippen LogP contribution in [-0.4, -0.2) is 63.2 Å². The Morgan fingerprint density at radius 2 is 2.00 bits per heavy atom. The van der Waals surface area contributed by atoms with Crippen LogP contribution in [-0.2, 0) is 4.74 Å². The fourth-order valence-corrected chi connectivity index (χ4v) is 2.70. The molecule has 0 aliphatic carbocycles. The molecule has 2 heterocycles. The van der Waals surface area contributed by atoms with Crippen LogP contribution in [0.2, 0.25) is 0 Å². The van der Waals surface area contributed by atoms with Gasteiger partial charge in [-0.15, -0.1) is 0 Å². The predicted molar refractivity (Wildman–Crippen MR) is 86.2 cm³/mol. The van der Waals surface area contributed by atoms with Gasteiger partial charge in [-0.05, 0) is 37.2 Å². The van der Waals surface area contributed by atoms with Gasteiger partial charge in [0.25, 0.3) is 0 Å². The van der Waals surface area contributed by atoms with Gasteiger partial charge in [-0.25, -0.2) is 0 Å². The van der Waals surface area contributed by atoms with Crippen LogP contribution < -0.4 is 10.6 Å². The molecule has 2 aliphatic rings. The van der Waals surface area contributed by atoms with Crippen molar-refractivity contribution in [1.29, 1.82) is 0 Å². The maximum absolute atomic E-state index is 5.36. The summed E-state index contributed by atoms with van der Waals surface area (Å²) in [6, 6.07) is 8.52. The highest BCUT2D eigenvalue weighted by atomic mass is 16.5. The van der Waals surface area contributed by atoms with Gasteiger partial charge in [-0.3, -0.25) is 9.89 Å². The van der Waals surface area contributed by atoms with Crippen molar-refractivity contribution in [2.75, 3.05) is 57.8 Å². The number of hydrogen-bond donors (Lipinski definition) is 2. The average molecular weight is 288 g/mol. The van der Waals surface area contributed by atoms with E-state index in [1.165, 1.54) is 11.3 Å². The monoisotopic (exact) mass is 288 g/mol. The molecule has 21 heavy (non-hydrogen) atoms. The Bertz CT molecular complexity index is 466. The van der Waals surface area contributed by atoms with Crippen LogP contribution in [0.25, 0.3) is 0 Å². The summed E-state index contributed by atoms with van der Waals surface area (Å²) in [6.45, 7) is 7.91. The molecule has 2 aliphatic heterocycles. The zero-order valence-corrected chi connectivity index (χ0v) is 12.5. The molecule has 0 aromatic heterocycles. The number of nitrogens with zero attached hydrogens (tertiary/aromatic N) is 2. The van der Waals surface area contributed by atoms with Crippen molar-refractivity contribution in [1.82, 2.24) is 10.2 Å². The van der Waals surface area contributed by atoms with Gasteiger partial charge in [0.15, 0.2) is 0 Å². The summed E-state index contributed by atoms with van der Waals surface area (Å²) in [4.78, 5) is 6.90. The number of morpholine rings is 1. The molecular weight excluding hydrogens is 264 g/mol. The van der Waals surface area contributed by atoms with E-state index < -0.39 is 0 Å². The Morgan fingerprint density at radius 3 is 2.71 bits per heavy atom. The van der Waals surface area contributed by atoms with Gasteiger partial charge in [0, 0.05) is 37.4 Å². The van der Waals surface area contributed by atoms with Crippen molar-refractivity contribution in [3.8, 4) is 0 Å². The van der Waals surface area contributed by atoms with Crippen molar-refractivity contribution in [2.24, 2.45) is 4.99 Å². The van der Waals surface area contributed by atoms with Gasteiger partial charge >= 0.3 is 0 Å². The Balaban J connectivity index is 1.39. The van der Waals surface area contributed by atoms with Crippen molar-refractivity contribution in [3.63, 3.8) is 0 Å². The third-order valence-corrected chi connectivity index (χ3v) is 3.92. The standard InChI is InChI=1S/C16H24N4O/c1(9-20-10-12-21-13-11-20)6-17-15-4-2-14(3-5-15)16-18-7-8-19-16/h2-5,17H,1,6-13H2,(H,18,19). The minimum Gasteiger partial charge on any atom is -0.385 e. The van der Waals surface area contributed by atoms with Gasteiger partial charge in [-0.2, -0.15) is 0 Å². The Hall–Kier alpha value is -1.59. The Labute approximate surface area is 126 Å². The molecule has 0 spiro atoms. The SMILES string of the molecule is c1cc(C2=NCCN2)ccc1NCCCN1CCOCC1. The van der Waals surface area contributed by atoms with Gasteiger partial charge in [0.2, 0.25) is 0 Å². The largest absolute Gasteiger partial charge is 0.385 e. The number of ether oxygens (including phenoxy) is 1. The first-order chi connectivity index (χ1) is 10.4. The predicted octanol–water partition coefficient (Wildman–Crippen LogP) is 1.17. The van der Waals surface area contributed by atoms with E-state index in [0.29, 0.717) is 0 Å². The lowest BCUT2D eigenvalue weighted by molar-refractivity contribution is 0.0378. The number of nitrogens with one attached hydrogen (secondary N) is 2. The van der Waals surface area contributed by atoms with Crippen LogP contribution in [0, 0.1) is 0 Å². The Morgan fingerprint density at radius 1 is 1.19 bits per heavy atom. The molecule has 0 radical (unpaired) electrons. The fourth-order valence-electron chi connectivity index (χ4n) is 2.70. The molecule has 0 bridgehead atoms. The van der Waals surface area contributed by atoms with E-state index >= 15 is 0 Å². The lowest BCUT2D eigenvalue weighted by Crippen LogP contribution is -2.37. The van der Waals surface area contributed by atoms with Gasteiger partial charge in [0.05, 0.1) is 19.8 Å². The number of benzene rings is 1. The quantitative estimate of drug-likeness (QED) is 0.772. The normalized spacial score (nSPS) is 19.1. The van der Waals surface area contributed by atoms with Gasteiger partial charge in [-0.1, -0.05) is 0 Å². The van der Waals surface area contributed by atoms with Gasteiger partial charge in [0.1, 0.15) is 5.84 Å². The van der Waals surface area contributed by atoms with E-state index in [9.17, 15) is 0 Å². The van der Waals surface area contributed by atoms with Crippen LogP contribution in [0.3, 0.4) is 0 Å². The van der Waals surface area contributed by atoms with Crippen LogP contribution in [0.4, 0.5) is 5.69 Å². The van der Waals surface area contributed by atoms with Crippen LogP contribution in [0.15, 0.2) is 29.3 Å². The molecule has 0 amide bonds. The van der Waals surface area contributed by atoms with Crippen molar-refractivity contribution < 1.29 is 4.74 Å². The summed E-state index contributed by atoms with van der Waals surface area (Å²) in [5.41, 5.74) is 2.35. The molecule has 3 rings (SSSR count). The van der Waals surface area contributed by atoms with Crippen molar-refractivity contribution in [3.05, 3.63) is 29.8 Å². The second kappa shape index (κ2) is 7.43. The summed E-state index contributed by atoms with van der Waals surface area (Å²) in [5, 5.41) is 6.78. The van der Waals surface area contributed by atoms with Crippen LogP contribution in [0.5, 0.6) is 0 Å². The molecule has 5 nitrogen and oxygen atoms in total. The summed E-state index contributed by atoms with van der Waals surface area (Å²) >= 11 is 0. The highest BCUT2D eigenvalue weighted by Gasteiger charge is 2.09. The van der Waals surface area contributed by atoms with E-state index in [0.717, 1.165) is 64.7 Å². The Kier molecular flexibility index (Phi) is 5.08. The molecule has 1 aromatic carbocycles. The third-order valence-electron chi connectivity index (χ3n) is 3.92. The second-order valence-electron chi connectivity index (χ2n) is 5.47. The van der Waals surface area contributed by atoms with E-state index in [4.69, 9.17) is 4.74 Å². The number of anilines is 1. The van der Waals surface area contributed by atoms with E-state index in [1.807, 2.05) is 0 Å². The maximum Gasteiger partial charge on any atom is 0.128 e. The molecule has 2 N–H and O–H groups in total. The molecule has 0 atom stereocenters. The summed E-state index contributed by atoms with van der Waals surface area (Å²) in [5.74, 6) is 1.02.